The normalized spacial score (nSPS) is 10.3. The van der Waals surface area contributed by atoms with E-state index in [0.717, 1.165) is 11.8 Å². The lowest BCUT2D eigenvalue weighted by Gasteiger charge is -2.00. The molecule has 1 aromatic heterocycles. The van der Waals surface area contributed by atoms with Crippen molar-refractivity contribution < 1.29 is 9.21 Å². The maximum absolute atomic E-state index is 11.8. The van der Waals surface area contributed by atoms with Crippen molar-refractivity contribution >= 4 is 17.5 Å². The van der Waals surface area contributed by atoms with Crippen LogP contribution in [0.15, 0.2) is 50.8 Å². The van der Waals surface area contributed by atoms with E-state index in [1.54, 1.807) is 19.1 Å². The van der Waals surface area contributed by atoms with Crippen LogP contribution in [0.5, 0.6) is 0 Å². The van der Waals surface area contributed by atoms with Crippen LogP contribution in [-0.4, -0.2) is 16.5 Å². The molecule has 0 aliphatic heterocycles. The first kappa shape index (κ1) is 12.6. The molecule has 0 bridgehead atoms. The fourth-order valence-corrected chi connectivity index (χ4v) is 2.15. The fourth-order valence-electron chi connectivity index (χ4n) is 1.38. The lowest BCUT2D eigenvalue weighted by atomic mass is 10.2. The molecule has 18 heavy (non-hydrogen) atoms. The summed E-state index contributed by atoms with van der Waals surface area (Å²) in [5, 5.41) is 0.226. The maximum Gasteiger partial charge on any atom is 0.276 e. The van der Waals surface area contributed by atoms with E-state index in [1.807, 2.05) is 18.2 Å². The Hall–Kier alpha value is -1.88. The Morgan fingerprint density at radius 3 is 2.72 bits per heavy atom. The van der Waals surface area contributed by atoms with Gasteiger partial charge in [0.05, 0.1) is 5.75 Å². The minimum absolute atomic E-state index is 0.0217. The number of Topliss-reactive ketones (excluding diaryl/α,β-unsaturated/α-hetero) is 1. The predicted molar refractivity (Wildman–Crippen MR) is 69.0 cm³/mol. The van der Waals surface area contributed by atoms with Gasteiger partial charge in [0, 0.05) is 11.6 Å². The number of thioether (sulfide) groups is 1. The largest absolute Gasteiger partial charge is 0.438 e. The molecule has 0 N–H and O–H groups in total. The third-order valence-electron chi connectivity index (χ3n) is 2.20. The van der Waals surface area contributed by atoms with E-state index in [2.05, 4.69) is 4.98 Å². The molecule has 1 aromatic carbocycles. The second-order valence-corrected chi connectivity index (χ2v) is 4.58. The Bertz CT molecular complexity index is 607. The molecule has 2 aromatic rings. The summed E-state index contributed by atoms with van der Waals surface area (Å²) in [4.78, 5) is 26.7. The molecule has 0 aliphatic carbocycles. The van der Waals surface area contributed by atoms with Gasteiger partial charge in [0.2, 0.25) is 0 Å². The lowest BCUT2D eigenvalue weighted by Crippen LogP contribution is -2.07. The number of aryl methyl sites for hydroxylation is 1. The average molecular weight is 261 g/mol. The quantitative estimate of drug-likeness (QED) is 0.624. The van der Waals surface area contributed by atoms with Crippen molar-refractivity contribution in [1.82, 2.24) is 4.98 Å². The SMILES string of the molecule is Cc1cc(=O)nc(SCC(=O)c2ccccc2)o1. The molecule has 5 heteroatoms. The van der Waals surface area contributed by atoms with E-state index in [-0.39, 0.29) is 22.3 Å². The van der Waals surface area contributed by atoms with E-state index in [0.29, 0.717) is 11.3 Å². The highest BCUT2D eigenvalue weighted by atomic mass is 32.2. The molecule has 1 heterocycles. The van der Waals surface area contributed by atoms with Crippen LogP contribution in [0.25, 0.3) is 0 Å². The van der Waals surface area contributed by atoms with Gasteiger partial charge in [-0.15, -0.1) is 0 Å². The summed E-state index contributed by atoms with van der Waals surface area (Å²) >= 11 is 1.12. The van der Waals surface area contributed by atoms with Crippen LogP contribution in [-0.2, 0) is 0 Å². The van der Waals surface area contributed by atoms with E-state index < -0.39 is 0 Å². The highest BCUT2D eigenvalue weighted by Crippen LogP contribution is 2.16. The number of aromatic nitrogens is 1. The average Bonchev–Trinajstić information content (AvgIpc) is 2.36. The van der Waals surface area contributed by atoms with Crippen molar-refractivity contribution in [1.29, 1.82) is 0 Å². The Morgan fingerprint density at radius 2 is 2.06 bits per heavy atom. The molecule has 0 amide bonds. The Labute approximate surface area is 108 Å². The molecule has 2 rings (SSSR count). The summed E-state index contributed by atoms with van der Waals surface area (Å²) in [7, 11) is 0. The van der Waals surface area contributed by atoms with E-state index >= 15 is 0 Å². The molecular formula is C13H11NO3S. The van der Waals surface area contributed by atoms with Gasteiger partial charge in [-0.25, -0.2) is 0 Å². The fraction of sp³-hybridized carbons (Fsp3) is 0.154. The molecule has 4 nitrogen and oxygen atoms in total. The highest BCUT2D eigenvalue weighted by molar-refractivity contribution is 7.99. The minimum Gasteiger partial charge on any atom is -0.438 e. The van der Waals surface area contributed by atoms with Gasteiger partial charge >= 0.3 is 0 Å². The first-order chi connectivity index (χ1) is 8.65. The van der Waals surface area contributed by atoms with Gasteiger partial charge in [-0.1, -0.05) is 42.1 Å². The molecule has 0 unspecified atom stereocenters. The van der Waals surface area contributed by atoms with Crippen LogP contribution >= 0.6 is 11.8 Å². The van der Waals surface area contributed by atoms with Crippen LogP contribution in [0.3, 0.4) is 0 Å². The van der Waals surface area contributed by atoms with E-state index in [4.69, 9.17) is 4.42 Å². The molecule has 0 spiro atoms. The monoisotopic (exact) mass is 261 g/mol. The van der Waals surface area contributed by atoms with Crippen LogP contribution in [0.1, 0.15) is 16.1 Å². The number of nitrogens with zero attached hydrogens (tertiary/aromatic N) is 1. The maximum atomic E-state index is 11.8. The predicted octanol–water partition coefficient (Wildman–Crippen LogP) is 2.32. The molecular weight excluding hydrogens is 250 g/mol. The summed E-state index contributed by atoms with van der Waals surface area (Å²) in [5.41, 5.74) is 0.286. The third-order valence-corrected chi connectivity index (χ3v) is 3.03. The number of hydrogen-bond acceptors (Lipinski definition) is 5. The zero-order valence-corrected chi connectivity index (χ0v) is 10.6. The van der Waals surface area contributed by atoms with Crippen molar-refractivity contribution in [3.05, 3.63) is 58.1 Å². The number of rotatable bonds is 4. The summed E-state index contributed by atoms with van der Waals surface area (Å²) < 4.78 is 5.24. The van der Waals surface area contributed by atoms with Gasteiger partial charge in [0.15, 0.2) is 5.78 Å². The molecule has 0 saturated heterocycles. The lowest BCUT2D eigenvalue weighted by molar-refractivity contribution is 0.102. The minimum atomic E-state index is -0.353. The highest BCUT2D eigenvalue weighted by Gasteiger charge is 2.08. The number of carbonyl (C=O) groups excluding carboxylic acids is 1. The van der Waals surface area contributed by atoms with Crippen molar-refractivity contribution in [2.75, 3.05) is 5.75 Å². The van der Waals surface area contributed by atoms with Crippen molar-refractivity contribution in [2.45, 2.75) is 12.1 Å². The first-order valence-corrected chi connectivity index (χ1v) is 6.33. The summed E-state index contributed by atoms with van der Waals surface area (Å²) in [6.07, 6.45) is 0. The van der Waals surface area contributed by atoms with Crippen LogP contribution in [0.4, 0.5) is 0 Å². The summed E-state index contributed by atoms with van der Waals surface area (Å²) in [5.74, 6) is 0.667. The van der Waals surface area contributed by atoms with Crippen molar-refractivity contribution in [3.8, 4) is 0 Å². The van der Waals surface area contributed by atoms with E-state index in [9.17, 15) is 9.59 Å². The summed E-state index contributed by atoms with van der Waals surface area (Å²) in [6.45, 7) is 1.67. The zero-order valence-electron chi connectivity index (χ0n) is 9.75. The molecule has 0 saturated carbocycles. The van der Waals surface area contributed by atoms with Gasteiger partial charge in [-0.2, -0.15) is 4.98 Å². The smallest absolute Gasteiger partial charge is 0.276 e. The van der Waals surface area contributed by atoms with Gasteiger partial charge in [-0.3, -0.25) is 9.59 Å². The second kappa shape index (κ2) is 5.64. The third kappa shape index (κ3) is 3.30. The number of ketones is 1. The standard InChI is InChI=1S/C13H11NO3S/c1-9-7-12(16)14-13(17-9)18-8-11(15)10-5-3-2-4-6-10/h2-7H,8H2,1H3. The molecule has 0 atom stereocenters. The van der Waals surface area contributed by atoms with Crippen LogP contribution in [0.2, 0.25) is 0 Å². The van der Waals surface area contributed by atoms with Gasteiger partial charge < -0.3 is 4.42 Å². The topological polar surface area (TPSA) is 60.2 Å². The van der Waals surface area contributed by atoms with Crippen molar-refractivity contribution in [2.24, 2.45) is 0 Å². The second-order valence-electron chi connectivity index (χ2n) is 3.65. The number of hydrogen-bond donors (Lipinski definition) is 0. The van der Waals surface area contributed by atoms with Crippen LogP contribution in [0, 0.1) is 6.92 Å². The Morgan fingerprint density at radius 1 is 1.33 bits per heavy atom. The van der Waals surface area contributed by atoms with E-state index in [1.165, 1.54) is 6.07 Å². The molecule has 92 valence electrons. The molecule has 0 radical (unpaired) electrons. The molecule has 0 fully saturated rings. The Balaban J connectivity index is 2.04. The summed E-state index contributed by atoms with van der Waals surface area (Å²) in [6, 6.07) is 10.3. The van der Waals surface area contributed by atoms with Gasteiger partial charge in [-0.05, 0) is 6.92 Å². The number of benzene rings is 1. The van der Waals surface area contributed by atoms with Gasteiger partial charge in [0.1, 0.15) is 5.76 Å². The Kier molecular flexibility index (Phi) is 3.94. The number of carbonyl (C=O) groups is 1. The van der Waals surface area contributed by atoms with Crippen LogP contribution < -0.4 is 5.56 Å². The zero-order chi connectivity index (χ0) is 13.0. The van der Waals surface area contributed by atoms with Gasteiger partial charge in [0.25, 0.3) is 10.8 Å². The first-order valence-electron chi connectivity index (χ1n) is 5.35. The van der Waals surface area contributed by atoms with Crippen molar-refractivity contribution in [3.63, 3.8) is 0 Å². The molecule has 0 aliphatic rings.